The summed E-state index contributed by atoms with van der Waals surface area (Å²) in [4.78, 5) is 16.8. The fourth-order valence-corrected chi connectivity index (χ4v) is 3.72. The van der Waals surface area contributed by atoms with E-state index in [-0.39, 0.29) is 11.1 Å². The van der Waals surface area contributed by atoms with E-state index in [1.165, 1.54) is 18.6 Å². The Morgan fingerprint density at radius 2 is 2.18 bits per heavy atom. The summed E-state index contributed by atoms with van der Waals surface area (Å²) in [5.74, 6) is 0.0236. The van der Waals surface area contributed by atoms with Crippen LogP contribution in [0, 0.1) is 11.7 Å². The van der Waals surface area contributed by atoms with E-state index in [9.17, 15) is 9.18 Å². The maximum atomic E-state index is 13.5. The molecule has 2 aliphatic heterocycles. The number of piperidine rings is 2. The number of amides is 2. The van der Waals surface area contributed by atoms with Gasteiger partial charge >= 0.3 is 6.03 Å². The number of urea groups is 1. The van der Waals surface area contributed by atoms with Crippen molar-refractivity contribution in [2.45, 2.75) is 25.3 Å². The lowest BCUT2D eigenvalue weighted by Crippen LogP contribution is -2.56. The van der Waals surface area contributed by atoms with Gasteiger partial charge in [-0.25, -0.2) is 9.18 Å². The molecule has 2 fully saturated rings. The zero-order valence-electron chi connectivity index (χ0n) is 12.7. The number of likely N-dealkylation sites (tertiary alicyclic amines) is 2. The van der Waals surface area contributed by atoms with Crippen LogP contribution in [0.3, 0.4) is 0 Å². The van der Waals surface area contributed by atoms with E-state index in [1.807, 2.05) is 4.90 Å². The first kappa shape index (κ1) is 15.6. The third-order valence-corrected chi connectivity index (χ3v) is 5.01. The molecule has 2 aliphatic rings. The van der Waals surface area contributed by atoms with Gasteiger partial charge in [-0.1, -0.05) is 11.6 Å². The minimum absolute atomic E-state index is 0.0614. The topological polar surface area (TPSA) is 35.6 Å². The Hall–Kier alpha value is -1.33. The molecule has 0 spiro atoms. The van der Waals surface area contributed by atoms with Crippen molar-refractivity contribution in [3.8, 4) is 0 Å². The molecule has 0 unspecified atom stereocenters. The third-order valence-electron chi connectivity index (χ3n) is 4.70. The second-order valence-electron chi connectivity index (χ2n) is 6.27. The summed E-state index contributed by atoms with van der Waals surface area (Å²) in [5.41, 5.74) is 0.446. The number of hydrogen-bond acceptors (Lipinski definition) is 2. The molecule has 2 atom stereocenters. The van der Waals surface area contributed by atoms with Crippen LogP contribution in [-0.2, 0) is 0 Å². The first-order valence-corrected chi connectivity index (χ1v) is 8.13. The highest BCUT2D eigenvalue weighted by Gasteiger charge is 2.37. The van der Waals surface area contributed by atoms with E-state index >= 15 is 0 Å². The molecular formula is C16H21ClFN3O. The second kappa shape index (κ2) is 6.42. The van der Waals surface area contributed by atoms with Crippen molar-refractivity contribution in [2.75, 3.05) is 32.0 Å². The van der Waals surface area contributed by atoms with Crippen molar-refractivity contribution in [3.63, 3.8) is 0 Å². The Kier molecular flexibility index (Phi) is 4.54. The van der Waals surface area contributed by atoms with Gasteiger partial charge in [-0.05, 0) is 57.0 Å². The fourth-order valence-electron chi connectivity index (χ4n) is 3.61. The number of nitrogens with one attached hydrogen (secondary N) is 1. The van der Waals surface area contributed by atoms with Crippen molar-refractivity contribution in [1.29, 1.82) is 0 Å². The quantitative estimate of drug-likeness (QED) is 0.858. The van der Waals surface area contributed by atoms with Gasteiger partial charge in [-0.3, -0.25) is 0 Å². The standard InChI is InChI=1S/C16H21ClFN3O/c1-20-8-6-15-11(10-20)3-2-7-21(15)16(22)19-12-4-5-13(17)14(18)9-12/h4-5,9,11,15H,2-3,6-8,10H2,1H3,(H,19,22)/t11-,15-/m0/s1. The first-order valence-electron chi connectivity index (χ1n) is 7.76. The molecule has 0 aliphatic carbocycles. The van der Waals surface area contributed by atoms with Gasteiger partial charge in [0.15, 0.2) is 0 Å². The number of carbonyl (C=O) groups is 1. The van der Waals surface area contributed by atoms with Gasteiger partial charge in [-0.2, -0.15) is 0 Å². The number of carbonyl (C=O) groups excluding carboxylic acids is 1. The highest BCUT2D eigenvalue weighted by molar-refractivity contribution is 6.30. The monoisotopic (exact) mass is 325 g/mol. The second-order valence-corrected chi connectivity index (χ2v) is 6.68. The first-order chi connectivity index (χ1) is 10.5. The Labute approximate surface area is 135 Å². The van der Waals surface area contributed by atoms with Gasteiger partial charge in [0.1, 0.15) is 5.82 Å². The van der Waals surface area contributed by atoms with Crippen molar-refractivity contribution < 1.29 is 9.18 Å². The van der Waals surface area contributed by atoms with Crippen molar-refractivity contribution in [3.05, 3.63) is 29.0 Å². The number of nitrogens with zero attached hydrogens (tertiary/aromatic N) is 2. The molecule has 2 amide bonds. The number of anilines is 1. The van der Waals surface area contributed by atoms with Crippen LogP contribution < -0.4 is 5.32 Å². The van der Waals surface area contributed by atoms with Crippen LogP contribution in [0.1, 0.15) is 19.3 Å². The summed E-state index contributed by atoms with van der Waals surface area (Å²) in [7, 11) is 2.13. The van der Waals surface area contributed by atoms with Crippen molar-refractivity contribution in [2.24, 2.45) is 5.92 Å². The van der Waals surface area contributed by atoms with E-state index < -0.39 is 5.82 Å². The minimum Gasteiger partial charge on any atom is -0.321 e. The zero-order chi connectivity index (χ0) is 15.7. The third kappa shape index (κ3) is 3.20. The summed E-state index contributed by atoms with van der Waals surface area (Å²) < 4.78 is 13.5. The number of rotatable bonds is 1. The number of hydrogen-bond donors (Lipinski definition) is 1. The number of benzene rings is 1. The molecule has 1 aromatic rings. The Balaban J connectivity index is 1.69. The molecule has 22 heavy (non-hydrogen) atoms. The summed E-state index contributed by atoms with van der Waals surface area (Å²) in [6, 6.07) is 4.50. The van der Waals surface area contributed by atoms with Gasteiger partial charge in [-0.15, -0.1) is 0 Å². The maximum absolute atomic E-state index is 13.5. The van der Waals surface area contributed by atoms with E-state index in [2.05, 4.69) is 17.3 Å². The van der Waals surface area contributed by atoms with Crippen LogP contribution >= 0.6 is 11.6 Å². The van der Waals surface area contributed by atoms with Gasteiger partial charge in [0, 0.05) is 24.8 Å². The average molecular weight is 326 g/mol. The van der Waals surface area contributed by atoms with E-state index in [0.717, 1.165) is 32.5 Å². The van der Waals surface area contributed by atoms with E-state index in [1.54, 1.807) is 6.07 Å². The van der Waals surface area contributed by atoms with Crippen LogP contribution in [0.2, 0.25) is 5.02 Å². The Morgan fingerprint density at radius 1 is 1.36 bits per heavy atom. The summed E-state index contributed by atoms with van der Waals surface area (Å²) in [6.45, 7) is 2.83. The Bertz CT molecular complexity index is 568. The van der Waals surface area contributed by atoms with Gasteiger partial charge < -0.3 is 15.1 Å². The molecule has 1 N–H and O–H groups in total. The van der Waals surface area contributed by atoms with Crippen LogP contribution in [0.5, 0.6) is 0 Å². The van der Waals surface area contributed by atoms with Crippen LogP contribution in [-0.4, -0.2) is 48.6 Å². The smallest absolute Gasteiger partial charge is 0.321 e. The highest BCUT2D eigenvalue weighted by atomic mass is 35.5. The lowest BCUT2D eigenvalue weighted by molar-refractivity contribution is 0.0579. The van der Waals surface area contributed by atoms with Crippen LogP contribution in [0.15, 0.2) is 18.2 Å². The minimum atomic E-state index is -0.518. The molecule has 0 bridgehead atoms. The van der Waals surface area contributed by atoms with E-state index in [0.29, 0.717) is 17.6 Å². The zero-order valence-corrected chi connectivity index (χ0v) is 13.4. The molecule has 3 rings (SSSR count). The predicted molar refractivity (Wildman–Crippen MR) is 85.8 cm³/mol. The molecular weight excluding hydrogens is 305 g/mol. The fraction of sp³-hybridized carbons (Fsp3) is 0.562. The number of fused-ring (bicyclic) bond motifs is 1. The highest BCUT2D eigenvalue weighted by Crippen LogP contribution is 2.30. The molecule has 6 heteroatoms. The van der Waals surface area contributed by atoms with Crippen molar-refractivity contribution in [1.82, 2.24) is 9.80 Å². The predicted octanol–water partition coefficient (Wildman–Crippen LogP) is 3.43. The van der Waals surface area contributed by atoms with Gasteiger partial charge in [0.2, 0.25) is 0 Å². The lowest BCUT2D eigenvalue weighted by Gasteiger charge is -2.46. The number of halogens is 2. The molecule has 4 nitrogen and oxygen atoms in total. The van der Waals surface area contributed by atoms with Crippen LogP contribution in [0.25, 0.3) is 0 Å². The maximum Gasteiger partial charge on any atom is 0.322 e. The van der Waals surface area contributed by atoms with Gasteiger partial charge in [0.05, 0.1) is 5.02 Å². The summed E-state index contributed by atoms with van der Waals surface area (Å²) in [5, 5.41) is 2.86. The normalized spacial score (nSPS) is 25.7. The molecule has 1 aromatic carbocycles. The molecule has 0 saturated carbocycles. The SMILES string of the molecule is CN1CC[C@H]2[C@@H](CCCN2C(=O)Nc2ccc(Cl)c(F)c2)C1. The van der Waals surface area contributed by atoms with E-state index in [4.69, 9.17) is 11.6 Å². The summed E-state index contributed by atoms with van der Waals surface area (Å²) in [6.07, 6.45) is 3.20. The van der Waals surface area contributed by atoms with Gasteiger partial charge in [0.25, 0.3) is 0 Å². The molecule has 0 radical (unpaired) electrons. The average Bonchev–Trinajstić information content (AvgIpc) is 2.50. The largest absolute Gasteiger partial charge is 0.322 e. The molecule has 120 valence electrons. The summed E-state index contributed by atoms with van der Waals surface area (Å²) >= 11 is 5.67. The van der Waals surface area contributed by atoms with Crippen molar-refractivity contribution >= 4 is 23.3 Å². The molecule has 2 heterocycles. The van der Waals surface area contributed by atoms with Crippen LogP contribution in [0.4, 0.5) is 14.9 Å². The Morgan fingerprint density at radius 3 is 2.95 bits per heavy atom. The molecule has 0 aromatic heterocycles. The lowest BCUT2D eigenvalue weighted by atomic mass is 9.84. The molecule has 2 saturated heterocycles.